The standard InChI is InChI=1S/C17H18F3N5O/c1-10-7-11(3-5-13(10)15(26)24-9-17(18,19)20)12-4-6-14(23-8-12)25-16(21)22-2/h3-8H,9H2,1-2H3,(H,24,26)(H3,21,22,23,25). The second kappa shape index (κ2) is 7.85. The van der Waals surface area contributed by atoms with Crippen LogP contribution in [0.25, 0.3) is 11.1 Å². The lowest BCUT2D eigenvalue weighted by Crippen LogP contribution is -2.34. The SMILES string of the molecule is CN=C(N)Nc1ccc(-c2ccc(C(=O)NCC(F)(F)F)c(C)c2)cn1. The molecule has 9 heteroatoms. The minimum absolute atomic E-state index is 0.191. The third-order valence-corrected chi connectivity index (χ3v) is 3.51. The Labute approximate surface area is 148 Å². The van der Waals surface area contributed by atoms with Gasteiger partial charge in [0.05, 0.1) is 0 Å². The van der Waals surface area contributed by atoms with E-state index in [1.165, 1.54) is 6.07 Å². The largest absolute Gasteiger partial charge is 0.405 e. The molecule has 0 radical (unpaired) electrons. The van der Waals surface area contributed by atoms with Gasteiger partial charge in [-0.15, -0.1) is 0 Å². The minimum Gasteiger partial charge on any atom is -0.370 e. The number of benzene rings is 1. The fourth-order valence-corrected chi connectivity index (χ4v) is 2.20. The van der Waals surface area contributed by atoms with Gasteiger partial charge >= 0.3 is 6.18 Å². The zero-order chi connectivity index (χ0) is 19.3. The van der Waals surface area contributed by atoms with Crippen LogP contribution in [0.3, 0.4) is 0 Å². The normalized spacial score (nSPS) is 12.0. The zero-order valence-corrected chi connectivity index (χ0v) is 14.2. The number of hydrogen-bond acceptors (Lipinski definition) is 3. The van der Waals surface area contributed by atoms with Gasteiger partial charge in [-0.05, 0) is 36.2 Å². The van der Waals surface area contributed by atoms with E-state index in [9.17, 15) is 18.0 Å². The number of carbonyl (C=O) groups is 1. The lowest BCUT2D eigenvalue weighted by molar-refractivity contribution is -0.123. The van der Waals surface area contributed by atoms with Crippen LogP contribution in [0.15, 0.2) is 41.5 Å². The summed E-state index contributed by atoms with van der Waals surface area (Å²) in [4.78, 5) is 19.9. The number of rotatable bonds is 4. The van der Waals surface area contributed by atoms with Gasteiger partial charge in [0.2, 0.25) is 0 Å². The maximum Gasteiger partial charge on any atom is 0.405 e. The number of amides is 1. The van der Waals surface area contributed by atoms with E-state index in [0.717, 1.165) is 11.1 Å². The maximum atomic E-state index is 12.2. The summed E-state index contributed by atoms with van der Waals surface area (Å²) in [7, 11) is 1.55. The van der Waals surface area contributed by atoms with E-state index < -0.39 is 18.6 Å². The van der Waals surface area contributed by atoms with Crippen LogP contribution in [0.5, 0.6) is 0 Å². The van der Waals surface area contributed by atoms with Crippen molar-refractivity contribution >= 4 is 17.7 Å². The van der Waals surface area contributed by atoms with E-state index in [1.807, 2.05) is 5.32 Å². The number of nitrogens with two attached hydrogens (primary N) is 1. The average Bonchev–Trinajstić information content (AvgIpc) is 2.59. The Balaban J connectivity index is 2.15. The van der Waals surface area contributed by atoms with Crippen LogP contribution >= 0.6 is 0 Å². The molecule has 1 aromatic heterocycles. The molecule has 2 aromatic rings. The second-order valence-corrected chi connectivity index (χ2v) is 5.49. The molecule has 0 fully saturated rings. The number of nitrogens with zero attached hydrogens (tertiary/aromatic N) is 2. The first-order chi connectivity index (χ1) is 12.2. The molecule has 1 heterocycles. The molecule has 0 spiro atoms. The Morgan fingerprint density at radius 2 is 1.92 bits per heavy atom. The minimum atomic E-state index is -4.45. The monoisotopic (exact) mass is 365 g/mol. The van der Waals surface area contributed by atoms with Crippen molar-refractivity contribution in [2.24, 2.45) is 10.7 Å². The highest BCUT2D eigenvalue weighted by Gasteiger charge is 2.28. The van der Waals surface area contributed by atoms with Gasteiger partial charge in [0, 0.05) is 24.4 Å². The summed E-state index contributed by atoms with van der Waals surface area (Å²) in [6.07, 6.45) is -2.83. The summed E-state index contributed by atoms with van der Waals surface area (Å²) in [6.45, 7) is 0.295. The zero-order valence-electron chi connectivity index (χ0n) is 14.2. The van der Waals surface area contributed by atoms with Gasteiger partial charge < -0.3 is 16.4 Å². The predicted molar refractivity (Wildman–Crippen MR) is 94.0 cm³/mol. The number of alkyl halides is 3. The van der Waals surface area contributed by atoms with Crippen LogP contribution in [-0.4, -0.2) is 36.6 Å². The van der Waals surface area contributed by atoms with Crippen molar-refractivity contribution in [3.63, 3.8) is 0 Å². The highest BCUT2D eigenvalue weighted by atomic mass is 19.4. The quantitative estimate of drug-likeness (QED) is 0.574. The molecule has 0 saturated carbocycles. The van der Waals surface area contributed by atoms with Crippen LogP contribution in [0, 0.1) is 6.92 Å². The van der Waals surface area contributed by atoms with Gasteiger partial charge in [-0.2, -0.15) is 13.2 Å². The summed E-state index contributed by atoms with van der Waals surface area (Å²) in [5, 5.41) is 4.67. The van der Waals surface area contributed by atoms with E-state index in [1.54, 1.807) is 44.4 Å². The number of aryl methyl sites for hydroxylation is 1. The van der Waals surface area contributed by atoms with Gasteiger partial charge in [0.25, 0.3) is 5.91 Å². The molecule has 138 valence electrons. The van der Waals surface area contributed by atoms with Gasteiger partial charge in [-0.25, -0.2) is 4.98 Å². The topological polar surface area (TPSA) is 92.4 Å². The first-order valence-electron chi connectivity index (χ1n) is 7.61. The van der Waals surface area contributed by atoms with Crippen molar-refractivity contribution in [1.82, 2.24) is 10.3 Å². The molecule has 2 rings (SSSR count). The highest BCUT2D eigenvalue weighted by molar-refractivity contribution is 5.96. The van der Waals surface area contributed by atoms with E-state index in [2.05, 4.69) is 15.3 Å². The van der Waals surface area contributed by atoms with Crippen LogP contribution in [-0.2, 0) is 0 Å². The predicted octanol–water partition coefficient (Wildman–Crippen LogP) is 2.71. The van der Waals surface area contributed by atoms with Gasteiger partial charge in [0.1, 0.15) is 12.4 Å². The molecule has 1 amide bonds. The van der Waals surface area contributed by atoms with E-state index in [0.29, 0.717) is 11.4 Å². The number of pyridine rings is 1. The molecule has 0 bridgehead atoms. The lowest BCUT2D eigenvalue weighted by Gasteiger charge is -2.11. The molecular weight excluding hydrogens is 347 g/mol. The van der Waals surface area contributed by atoms with Crippen LogP contribution in [0.1, 0.15) is 15.9 Å². The first-order valence-corrected chi connectivity index (χ1v) is 7.61. The fraction of sp³-hybridized carbons (Fsp3) is 0.235. The second-order valence-electron chi connectivity index (χ2n) is 5.49. The Hall–Kier alpha value is -3.10. The van der Waals surface area contributed by atoms with Crippen molar-refractivity contribution in [3.8, 4) is 11.1 Å². The Bertz CT molecular complexity index is 816. The van der Waals surface area contributed by atoms with E-state index >= 15 is 0 Å². The van der Waals surface area contributed by atoms with E-state index in [4.69, 9.17) is 5.73 Å². The number of aromatic nitrogens is 1. The first kappa shape index (κ1) is 19.2. The maximum absolute atomic E-state index is 12.2. The molecule has 0 aliphatic carbocycles. The molecule has 4 N–H and O–H groups in total. The molecule has 0 aliphatic heterocycles. The summed E-state index contributed by atoms with van der Waals surface area (Å²) in [5.41, 5.74) is 7.88. The number of carbonyl (C=O) groups excluding carboxylic acids is 1. The smallest absolute Gasteiger partial charge is 0.370 e. The summed E-state index contributed by atoms with van der Waals surface area (Å²) in [5.74, 6) is -0.00888. The number of aliphatic imine (C=N–C) groups is 1. The molecular formula is C17H18F3N5O. The molecule has 6 nitrogen and oxygen atoms in total. The average molecular weight is 365 g/mol. The molecule has 26 heavy (non-hydrogen) atoms. The van der Waals surface area contributed by atoms with Gasteiger partial charge in [-0.1, -0.05) is 12.1 Å². The van der Waals surface area contributed by atoms with Gasteiger partial charge in [0.15, 0.2) is 5.96 Å². The van der Waals surface area contributed by atoms with E-state index in [-0.39, 0.29) is 11.5 Å². The van der Waals surface area contributed by atoms with Crippen molar-refractivity contribution in [1.29, 1.82) is 0 Å². The molecule has 0 saturated heterocycles. The third-order valence-electron chi connectivity index (χ3n) is 3.51. The number of anilines is 1. The highest BCUT2D eigenvalue weighted by Crippen LogP contribution is 2.23. The Morgan fingerprint density at radius 1 is 1.23 bits per heavy atom. The lowest BCUT2D eigenvalue weighted by atomic mass is 10.0. The Morgan fingerprint density at radius 3 is 2.46 bits per heavy atom. The number of halogens is 3. The summed E-state index contributed by atoms with van der Waals surface area (Å²) in [6, 6.07) is 8.38. The number of guanidine groups is 1. The van der Waals surface area contributed by atoms with Crippen molar-refractivity contribution in [3.05, 3.63) is 47.7 Å². The molecule has 0 atom stereocenters. The number of nitrogens with one attached hydrogen (secondary N) is 2. The van der Waals surface area contributed by atoms with Crippen LogP contribution < -0.4 is 16.4 Å². The van der Waals surface area contributed by atoms with Crippen molar-refractivity contribution in [2.45, 2.75) is 13.1 Å². The summed E-state index contributed by atoms with van der Waals surface area (Å²) >= 11 is 0. The number of hydrogen-bond donors (Lipinski definition) is 3. The summed E-state index contributed by atoms with van der Waals surface area (Å²) < 4.78 is 36.6. The molecule has 0 unspecified atom stereocenters. The molecule has 0 aliphatic rings. The van der Waals surface area contributed by atoms with Crippen molar-refractivity contribution in [2.75, 3.05) is 18.9 Å². The van der Waals surface area contributed by atoms with Gasteiger partial charge in [-0.3, -0.25) is 9.79 Å². The van der Waals surface area contributed by atoms with Crippen LogP contribution in [0.4, 0.5) is 19.0 Å². The fourth-order valence-electron chi connectivity index (χ4n) is 2.20. The third kappa shape index (κ3) is 5.20. The van der Waals surface area contributed by atoms with Crippen molar-refractivity contribution < 1.29 is 18.0 Å². The molecule has 1 aromatic carbocycles. The Kier molecular flexibility index (Phi) is 5.81. The van der Waals surface area contributed by atoms with Crippen LogP contribution in [0.2, 0.25) is 0 Å².